The van der Waals surface area contributed by atoms with Gasteiger partial charge in [0.05, 0.1) is 17.0 Å². The number of rotatable bonds is 2. The van der Waals surface area contributed by atoms with E-state index in [-0.39, 0.29) is 11.5 Å². The zero-order chi connectivity index (χ0) is 14.6. The third-order valence-corrected chi connectivity index (χ3v) is 4.21. The van der Waals surface area contributed by atoms with Gasteiger partial charge in [0.1, 0.15) is 11.5 Å². The van der Waals surface area contributed by atoms with Gasteiger partial charge >= 0.3 is 0 Å². The highest BCUT2D eigenvalue weighted by molar-refractivity contribution is 5.99. The maximum Gasteiger partial charge on any atom is 0.166 e. The maximum atomic E-state index is 14.0. The summed E-state index contributed by atoms with van der Waals surface area (Å²) < 4.78 is 28.6. The van der Waals surface area contributed by atoms with Crippen LogP contribution < -0.4 is 0 Å². The van der Waals surface area contributed by atoms with Gasteiger partial charge in [-0.15, -0.1) is 0 Å². The highest BCUT2D eigenvalue weighted by Gasteiger charge is 2.36. The molecule has 108 valence electrons. The molecule has 1 aromatic heterocycles. The number of Topliss-reactive ketones (excluding diaryl/α,β-unsaturated/α-hetero) is 1. The van der Waals surface area contributed by atoms with Gasteiger partial charge in [0.15, 0.2) is 11.6 Å². The fourth-order valence-corrected chi connectivity index (χ4v) is 3.04. The number of aromatic nitrogens is 2. The molecule has 3 nitrogen and oxygen atoms in total. The van der Waals surface area contributed by atoms with Crippen LogP contribution in [0.5, 0.6) is 0 Å². The normalized spacial score (nSPS) is 17.9. The Morgan fingerprint density at radius 2 is 2.00 bits per heavy atom. The summed E-state index contributed by atoms with van der Waals surface area (Å²) in [7, 11) is 0. The van der Waals surface area contributed by atoms with Crippen molar-refractivity contribution >= 4 is 5.78 Å². The Labute approximate surface area is 120 Å². The summed E-state index contributed by atoms with van der Waals surface area (Å²) >= 11 is 0. The summed E-state index contributed by atoms with van der Waals surface area (Å²) in [5.74, 6) is -0.839. The summed E-state index contributed by atoms with van der Waals surface area (Å²) in [4.78, 5) is 12.2. The molecule has 0 amide bonds. The van der Waals surface area contributed by atoms with Gasteiger partial charge in [0, 0.05) is 18.4 Å². The van der Waals surface area contributed by atoms with E-state index in [1.807, 2.05) is 0 Å². The fraction of sp³-hybridized carbons (Fsp3) is 0.375. The number of halogens is 2. The van der Waals surface area contributed by atoms with E-state index in [1.54, 1.807) is 0 Å². The van der Waals surface area contributed by atoms with E-state index >= 15 is 0 Å². The number of benzene rings is 1. The number of hydrogen-bond acceptors (Lipinski definition) is 2. The highest BCUT2D eigenvalue weighted by Crippen LogP contribution is 2.43. The first-order valence-corrected chi connectivity index (χ1v) is 7.25. The molecule has 0 spiro atoms. The van der Waals surface area contributed by atoms with Gasteiger partial charge in [0.25, 0.3) is 0 Å². The molecule has 0 unspecified atom stereocenters. The van der Waals surface area contributed by atoms with Gasteiger partial charge in [-0.1, -0.05) is 0 Å². The third kappa shape index (κ3) is 1.99. The Morgan fingerprint density at radius 1 is 1.19 bits per heavy atom. The topological polar surface area (TPSA) is 34.9 Å². The largest absolute Gasteiger partial charge is 0.294 e. The molecule has 0 bridgehead atoms. The van der Waals surface area contributed by atoms with Gasteiger partial charge in [-0.2, -0.15) is 5.10 Å². The van der Waals surface area contributed by atoms with Crippen molar-refractivity contribution in [3.8, 4) is 5.69 Å². The molecule has 1 saturated carbocycles. The van der Waals surface area contributed by atoms with Crippen molar-refractivity contribution in [1.82, 2.24) is 9.78 Å². The quantitative estimate of drug-likeness (QED) is 0.847. The van der Waals surface area contributed by atoms with Crippen molar-refractivity contribution < 1.29 is 13.6 Å². The second kappa shape index (κ2) is 4.48. The maximum absolute atomic E-state index is 14.0. The van der Waals surface area contributed by atoms with Crippen LogP contribution in [0.4, 0.5) is 8.78 Å². The van der Waals surface area contributed by atoms with E-state index in [9.17, 15) is 13.6 Å². The Bertz CT molecular complexity index is 747. The van der Waals surface area contributed by atoms with Gasteiger partial charge < -0.3 is 0 Å². The lowest BCUT2D eigenvalue weighted by Crippen LogP contribution is -2.14. The number of fused-ring (bicyclic) bond motifs is 1. The zero-order valence-corrected chi connectivity index (χ0v) is 11.4. The molecular weight excluding hydrogens is 274 g/mol. The van der Waals surface area contributed by atoms with E-state index in [1.165, 1.54) is 16.8 Å². The van der Waals surface area contributed by atoms with E-state index < -0.39 is 11.6 Å². The molecule has 1 fully saturated rings. The number of hydrogen-bond donors (Lipinski definition) is 0. The van der Waals surface area contributed by atoms with Gasteiger partial charge in [0.2, 0.25) is 0 Å². The molecule has 2 aliphatic rings. The van der Waals surface area contributed by atoms with Crippen LogP contribution in [0.3, 0.4) is 0 Å². The van der Waals surface area contributed by atoms with Crippen LogP contribution in [0, 0.1) is 11.6 Å². The van der Waals surface area contributed by atoms with Gasteiger partial charge in [-0.3, -0.25) is 4.79 Å². The summed E-state index contributed by atoms with van der Waals surface area (Å²) in [5.41, 5.74) is 2.49. The van der Waals surface area contributed by atoms with Crippen molar-refractivity contribution in [2.24, 2.45) is 0 Å². The first-order chi connectivity index (χ1) is 10.1. The monoisotopic (exact) mass is 288 g/mol. The second-order valence-corrected chi connectivity index (χ2v) is 5.77. The average Bonchev–Trinajstić information content (AvgIpc) is 3.21. The smallest absolute Gasteiger partial charge is 0.166 e. The Kier molecular flexibility index (Phi) is 2.71. The van der Waals surface area contributed by atoms with Crippen LogP contribution >= 0.6 is 0 Å². The van der Waals surface area contributed by atoms with Crippen molar-refractivity contribution in [2.45, 2.75) is 38.0 Å². The molecule has 0 radical (unpaired) electrons. The van der Waals surface area contributed by atoms with E-state index in [2.05, 4.69) is 5.10 Å². The molecule has 1 aromatic carbocycles. The highest BCUT2D eigenvalue weighted by atomic mass is 19.1. The average molecular weight is 288 g/mol. The molecule has 2 aromatic rings. The van der Waals surface area contributed by atoms with E-state index in [0.717, 1.165) is 36.7 Å². The van der Waals surface area contributed by atoms with Crippen LogP contribution in [0.1, 0.15) is 53.3 Å². The summed E-state index contributed by atoms with van der Waals surface area (Å²) in [6.45, 7) is 0. The number of carbonyl (C=O) groups is 1. The van der Waals surface area contributed by atoms with Gasteiger partial charge in [-0.25, -0.2) is 13.5 Å². The molecule has 4 rings (SSSR count). The minimum atomic E-state index is -0.652. The minimum Gasteiger partial charge on any atom is -0.294 e. The zero-order valence-electron chi connectivity index (χ0n) is 11.4. The van der Waals surface area contributed by atoms with Gasteiger partial charge in [-0.05, 0) is 37.8 Å². The van der Waals surface area contributed by atoms with Crippen molar-refractivity contribution in [2.75, 3.05) is 0 Å². The molecule has 0 aliphatic heterocycles. The van der Waals surface area contributed by atoms with E-state index in [4.69, 9.17) is 0 Å². The lowest BCUT2D eigenvalue weighted by atomic mass is 9.93. The molecule has 0 atom stereocenters. The predicted octanol–water partition coefficient (Wildman–Crippen LogP) is 3.55. The molecule has 2 aliphatic carbocycles. The minimum absolute atomic E-state index is 0.104. The van der Waals surface area contributed by atoms with Crippen LogP contribution in [0.15, 0.2) is 18.2 Å². The second-order valence-electron chi connectivity index (χ2n) is 5.77. The van der Waals surface area contributed by atoms with Crippen molar-refractivity contribution in [3.63, 3.8) is 0 Å². The van der Waals surface area contributed by atoms with Crippen LogP contribution in [-0.4, -0.2) is 15.6 Å². The molecule has 21 heavy (non-hydrogen) atoms. The first-order valence-electron chi connectivity index (χ1n) is 7.25. The van der Waals surface area contributed by atoms with Crippen molar-refractivity contribution in [1.29, 1.82) is 0 Å². The Morgan fingerprint density at radius 3 is 2.71 bits per heavy atom. The summed E-state index contributed by atoms with van der Waals surface area (Å²) in [6.07, 6.45) is 4.05. The predicted molar refractivity (Wildman–Crippen MR) is 72.7 cm³/mol. The third-order valence-electron chi connectivity index (χ3n) is 4.21. The number of nitrogens with zero attached hydrogens (tertiary/aromatic N) is 2. The van der Waals surface area contributed by atoms with Crippen LogP contribution in [-0.2, 0) is 6.42 Å². The first kappa shape index (κ1) is 12.7. The number of ketones is 1. The molecule has 0 saturated heterocycles. The lowest BCUT2D eigenvalue weighted by molar-refractivity contribution is 0.0971. The summed E-state index contributed by atoms with van der Waals surface area (Å²) in [5, 5.41) is 4.50. The fourth-order valence-electron chi connectivity index (χ4n) is 3.04. The lowest BCUT2D eigenvalue weighted by Gasteiger charge is -2.14. The van der Waals surface area contributed by atoms with E-state index in [0.29, 0.717) is 24.3 Å². The summed E-state index contributed by atoms with van der Waals surface area (Å²) in [6, 6.07) is 3.45. The molecule has 0 N–H and O–H groups in total. The Balaban J connectivity index is 1.93. The van der Waals surface area contributed by atoms with Crippen LogP contribution in [0.25, 0.3) is 5.69 Å². The SMILES string of the molecule is O=C1CCCc2c1c(C1CC1)nn2-c1ccc(F)cc1F. The molecule has 1 heterocycles. The van der Waals surface area contributed by atoms with Crippen LogP contribution in [0.2, 0.25) is 0 Å². The Hall–Kier alpha value is -2.04. The molecular formula is C16H14F2N2O. The van der Waals surface area contributed by atoms with Crippen molar-refractivity contribution in [3.05, 3.63) is 46.8 Å². The standard InChI is InChI=1S/C16H14F2N2O/c17-10-6-7-12(11(18)8-10)20-13-2-1-3-14(21)15(13)16(19-20)9-4-5-9/h6-9H,1-5H2. The molecule has 5 heteroatoms. The number of carbonyl (C=O) groups excluding carboxylic acids is 1.